The molecule has 1 heterocycles. The molecule has 0 aliphatic carbocycles. The number of rotatable bonds is 4. The summed E-state index contributed by atoms with van der Waals surface area (Å²) in [6.45, 7) is 7.62. The predicted molar refractivity (Wildman–Crippen MR) is 51.4 cm³/mol. The second-order valence-corrected chi connectivity index (χ2v) is 3.87. The third-order valence-corrected chi connectivity index (χ3v) is 2.76. The molecule has 1 aliphatic heterocycles. The fourth-order valence-corrected chi connectivity index (χ4v) is 1.87. The van der Waals surface area contributed by atoms with Crippen molar-refractivity contribution < 1.29 is 4.74 Å². The Kier molecular flexibility index (Phi) is 3.53. The molecule has 0 amide bonds. The summed E-state index contributed by atoms with van der Waals surface area (Å²) in [6.07, 6.45) is 3.49. The van der Waals surface area contributed by atoms with E-state index in [0.717, 1.165) is 26.0 Å². The highest BCUT2D eigenvalue weighted by atomic mass is 16.5. The van der Waals surface area contributed by atoms with Crippen LogP contribution in [0, 0.1) is 0 Å². The van der Waals surface area contributed by atoms with E-state index in [9.17, 15) is 0 Å². The van der Waals surface area contributed by atoms with Gasteiger partial charge >= 0.3 is 0 Å². The lowest BCUT2D eigenvalue weighted by molar-refractivity contribution is -0.0385. The summed E-state index contributed by atoms with van der Waals surface area (Å²) in [6, 6.07) is 0. The van der Waals surface area contributed by atoms with Crippen LogP contribution in [0.25, 0.3) is 0 Å². The van der Waals surface area contributed by atoms with Crippen molar-refractivity contribution in [1.29, 1.82) is 0 Å². The molecule has 1 unspecified atom stereocenters. The summed E-state index contributed by atoms with van der Waals surface area (Å²) in [7, 11) is 2.17. The van der Waals surface area contributed by atoms with Gasteiger partial charge in [-0.2, -0.15) is 0 Å². The Morgan fingerprint density at radius 3 is 2.58 bits per heavy atom. The first-order chi connectivity index (χ1) is 5.72. The molecule has 0 spiro atoms. The number of nitrogens with zero attached hydrogens (tertiary/aromatic N) is 1. The Morgan fingerprint density at radius 2 is 2.17 bits per heavy atom. The van der Waals surface area contributed by atoms with Crippen molar-refractivity contribution in [2.45, 2.75) is 38.7 Å². The van der Waals surface area contributed by atoms with Gasteiger partial charge in [-0.05, 0) is 26.3 Å². The Labute approximate surface area is 75.9 Å². The fourth-order valence-electron chi connectivity index (χ4n) is 1.87. The Balaban J connectivity index is 2.41. The minimum atomic E-state index is 0.185. The first-order valence-corrected chi connectivity index (χ1v) is 5.05. The van der Waals surface area contributed by atoms with Crippen molar-refractivity contribution in [3.63, 3.8) is 0 Å². The minimum absolute atomic E-state index is 0.185. The van der Waals surface area contributed by atoms with Crippen LogP contribution in [0.5, 0.6) is 0 Å². The maximum absolute atomic E-state index is 5.92. The first kappa shape index (κ1) is 10.0. The minimum Gasteiger partial charge on any atom is -0.374 e. The van der Waals surface area contributed by atoms with Crippen molar-refractivity contribution in [2.75, 3.05) is 26.7 Å². The standard InChI is InChI=1S/C10H21NO/c1-4-8-12-10(5-2)6-7-11(3)9-10/h4-9H2,1-3H3. The van der Waals surface area contributed by atoms with Crippen molar-refractivity contribution >= 4 is 0 Å². The third kappa shape index (κ3) is 2.20. The Morgan fingerprint density at radius 1 is 1.42 bits per heavy atom. The van der Waals surface area contributed by atoms with Gasteiger partial charge in [0, 0.05) is 19.7 Å². The fraction of sp³-hybridized carbons (Fsp3) is 1.00. The molecule has 0 radical (unpaired) electrons. The van der Waals surface area contributed by atoms with Gasteiger partial charge in [-0.15, -0.1) is 0 Å². The molecule has 1 atom stereocenters. The van der Waals surface area contributed by atoms with E-state index in [1.807, 2.05) is 0 Å². The van der Waals surface area contributed by atoms with Gasteiger partial charge in [-0.1, -0.05) is 13.8 Å². The molecular weight excluding hydrogens is 150 g/mol. The first-order valence-electron chi connectivity index (χ1n) is 5.05. The third-order valence-electron chi connectivity index (χ3n) is 2.76. The monoisotopic (exact) mass is 171 g/mol. The van der Waals surface area contributed by atoms with Gasteiger partial charge in [-0.25, -0.2) is 0 Å². The second kappa shape index (κ2) is 4.24. The lowest BCUT2D eigenvalue weighted by atomic mass is 10.00. The average molecular weight is 171 g/mol. The second-order valence-electron chi connectivity index (χ2n) is 3.87. The molecule has 0 aromatic carbocycles. The van der Waals surface area contributed by atoms with E-state index in [1.165, 1.54) is 13.0 Å². The van der Waals surface area contributed by atoms with Gasteiger partial charge in [0.25, 0.3) is 0 Å². The van der Waals surface area contributed by atoms with Crippen LogP contribution in [0.1, 0.15) is 33.1 Å². The van der Waals surface area contributed by atoms with Crippen LogP contribution in [-0.4, -0.2) is 37.2 Å². The van der Waals surface area contributed by atoms with Crippen LogP contribution in [-0.2, 0) is 4.74 Å². The van der Waals surface area contributed by atoms with Crippen molar-refractivity contribution in [2.24, 2.45) is 0 Å². The normalized spacial score (nSPS) is 31.2. The molecule has 0 bridgehead atoms. The summed E-state index contributed by atoms with van der Waals surface area (Å²) >= 11 is 0. The molecule has 0 N–H and O–H groups in total. The molecule has 1 fully saturated rings. The molecule has 0 aromatic rings. The van der Waals surface area contributed by atoms with Crippen LogP contribution in [0.2, 0.25) is 0 Å². The maximum atomic E-state index is 5.92. The lowest BCUT2D eigenvalue weighted by Crippen LogP contribution is -2.35. The number of likely N-dealkylation sites (tertiary alicyclic amines) is 1. The zero-order chi connectivity index (χ0) is 9.03. The topological polar surface area (TPSA) is 12.5 Å². The molecule has 72 valence electrons. The predicted octanol–water partition coefficient (Wildman–Crippen LogP) is 1.90. The largest absolute Gasteiger partial charge is 0.374 e. The summed E-state index contributed by atoms with van der Waals surface area (Å²) in [4.78, 5) is 2.36. The van der Waals surface area contributed by atoms with E-state index in [4.69, 9.17) is 4.74 Å². The van der Waals surface area contributed by atoms with Crippen LogP contribution in [0.3, 0.4) is 0 Å². The average Bonchev–Trinajstić information content (AvgIpc) is 2.45. The number of likely N-dealkylation sites (N-methyl/N-ethyl adjacent to an activating group) is 1. The molecule has 0 saturated carbocycles. The summed E-state index contributed by atoms with van der Waals surface area (Å²) in [5.74, 6) is 0. The summed E-state index contributed by atoms with van der Waals surface area (Å²) in [5.41, 5.74) is 0.185. The number of hydrogen-bond donors (Lipinski definition) is 0. The summed E-state index contributed by atoms with van der Waals surface area (Å²) < 4.78 is 5.92. The van der Waals surface area contributed by atoms with Crippen LogP contribution in [0.15, 0.2) is 0 Å². The van der Waals surface area contributed by atoms with Crippen molar-refractivity contribution in [3.8, 4) is 0 Å². The van der Waals surface area contributed by atoms with E-state index in [-0.39, 0.29) is 5.60 Å². The summed E-state index contributed by atoms with van der Waals surface area (Å²) in [5, 5.41) is 0. The lowest BCUT2D eigenvalue weighted by Gasteiger charge is -2.27. The molecule has 2 heteroatoms. The van der Waals surface area contributed by atoms with Crippen molar-refractivity contribution in [3.05, 3.63) is 0 Å². The molecule has 0 aromatic heterocycles. The van der Waals surface area contributed by atoms with Gasteiger partial charge in [0.15, 0.2) is 0 Å². The van der Waals surface area contributed by atoms with Gasteiger partial charge in [0.2, 0.25) is 0 Å². The van der Waals surface area contributed by atoms with Crippen LogP contribution in [0.4, 0.5) is 0 Å². The molecule has 12 heavy (non-hydrogen) atoms. The smallest absolute Gasteiger partial charge is 0.0818 e. The van der Waals surface area contributed by atoms with Gasteiger partial charge in [-0.3, -0.25) is 0 Å². The maximum Gasteiger partial charge on any atom is 0.0818 e. The van der Waals surface area contributed by atoms with Crippen molar-refractivity contribution in [1.82, 2.24) is 4.90 Å². The quantitative estimate of drug-likeness (QED) is 0.640. The molecule has 1 saturated heterocycles. The van der Waals surface area contributed by atoms with E-state index < -0.39 is 0 Å². The highest BCUT2D eigenvalue weighted by Crippen LogP contribution is 2.27. The molecule has 1 aliphatic rings. The van der Waals surface area contributed by atoms with E-state index in [0.29, 0.717) is 0 Å². The van der Waals surface area contributed by atoms with E-state index >= 15 is 0 Å². The molecule has 1 rings (SSSR count). The highest BCUT2D eigenvalue weighted by molar-refractivity contribution is 4.89. The van der Waals surface area contributed by atoms with E-state index in [1.54, 1.807) is 0 Å². The molecular formula is C10H21NO. The highest BCUT2D eigenvalue weighted by Gasteiger charge is 2.35. The molecule has 2 nitrogen and oxygen atoms in total. The number of hydrogen-bond acceptors (Lipinski definition) is 2. The van der Waals surface area contributed by atoms with Crippen LogP contribution < -0.4 is 0 Å². The number of ether oxygens (including phenoxy) is 1. The van der Waals surface area contributed by atoms with Crippen LogP contribution >= 0.6 is 0 Å². The van der Waals surface area contributed by atoms with Gasteiger partial charge < -0.3 is 9.64 Å². The van der Waals surface area contributed by atoms with Gasteiger partial charge in [0.1, 0.15) is 0 Å². The SMILES string of the molecule is CCCOC1(CC)CCN(C)C1. The zero-order valence-corrected chi connectivity index (χ0v) is 8.60. The Hall–Kier alpha value is -0.0800. The Bertz CT molecular complexity index is 138. The van der Waals surface area contributed by atoms with E-state index in [2.05, 4.69) is 25.8 Å². The zero-order valence-electron chi connectivity index (χ0n) is 8.60. The van der Waals surface area contributed by atoms with Gasteiger partial charge in [0.05, 0.1) is 5.60 Å².